The first-order chi connectivity index (χ1) is 9.55. The number of hydrogen-bond donors (Lipinski definition) is 1. The van der Waals surface area contributed by atoms with Gasteiger partial charge in [0.25, 0.3) is 0 Å². The number of nitrogens with zero attached hydrogens (tertiary/aromatic N) is 1. The van der Waals surface area contributed by atoms with E-state index in [1.54, 1.807) is 50.8 Å². The quantitative estimate of drug-likeness (QED) is 0.907. The summed E-state index contributed by atoms with van der Waals surface area (Å²) in [4.78, 5) is 26.4. The Bertz CT molecular complexity index is 612. The van der Waals surface area contributed by atoms with Crippen LogP contribution in [-0.4, -0.2) is 27.8 Å². The van der Waals surface area contributed by atoms with Crippen molar-refractivity contribution in [1.82, 2.24) is 10.2 Å². The van der Waals surface area contributed by atoms with Crippen LogP contribution in [0, 0.1) is 0 Å². The summed E-state index contributed by atoms with van der Waals surface area (Å²) in [6, 6.07) is 5.20. The molecule has 0 atom stereocenters. The smallest absolute Gasteiger partial charge is 0.248 e. The van der Waals surface area contributed by atoms with Gasteiger partial charge < -0.3 is 10.2 Å². The van der Waals surface area contributed by atoms with Crippen molar-refractivity contribution in [2.75, 3.05) is 0 Å². The van der Waals surface area contributed by atoms with Crippen LogP contribution in [0.15, 0.2) is 18.2 Å². The van der Waals surface area contributed by atoms with E-state index in [1.807, 2.05) is 0 Å². The minimum atomic E-state index is -0.918. The van der Waals surface area contributed by atoms with Crippen LogP contribution in [0.1, 0.15) is 33.3 Å². The summed E-state index contributed by atoms with van der Waals surface area (Å²) in [7, 11) is 0. The van der Waals surface area contributed by atoms with Crippen LogP contribution in [0.2, 0.25) is 10.0 Å². The van der Waals surface area contributed by atoms with Crippen LogP contribution in [0.5, 0.6) is 0 Å². The summed E-state index contributed by atoms with van der Waals surface area (Å²) in [5.41, 5.74) is -1.00. The van der Waals surface area contributed by atoms with Crippen molar-refractivity contribution < 1.29 is 9.59 Å². The third-order valence-electron chi connectivity index (χ3n) is 3.76. The molecule has 0 saturated carbocycles. The van der Waals surface area contributed by atoms with E-state index in [9.17, 15) is 9.59 Å². The lowest BCUT2D eigenvalue weighted by molar-refractivity contribution is -0.160. The topological polar surface area (TPSA) is 49.4 Å². The molecule has 1 N–H and O–H groups in total. The second-order valence-corrected chi connectivity index (χ2v) is 7.09. The lowest BCUT2D eigenvalue weighted by Gasteiger charge is -2.47. The van der Waals surface area contributed by atoms with E-state index >= 15 is 0 Å². The molecule has 0 aromatic heterocycles. The number of halogens is 2. The Kier molecular flexibility index (Phi) is 3.98. The zero-order chi connectivity index (χ0) is 16.0. The highest BCUT2D eigenvalue weighted by Gasteiger charge is 2.49. The molecular weight excluding hydrogens is 311 g/mol. The number of amides is 2. The van der Waals surface area contributed by atoms with Gasteiger partial charge in [0.1, 0.15) is 11.1 Å². The van der Waals surface area contributed by atoms with E-state index < -0.39 is 11.1 Å². The molecule has 1 fully saturated rings. The average molecular weight is 329 g/mol. The SMILES string of the molecule is CC1(C)NC(=O)C(C)(C)N(Cc2ccc(Cl)c(Cl)c2)C1=O. The van der Waals surface area contributed by atoms with E-state index in [4.69, 9.17) is 23.2 Å². The molecule has 2 rings (SSSR count). The highest BCUT2D eigenvalue weighted by atomic mass is 35.5. The van der Waals surface area contributed by atoms with Crippen molar-refractivity contribution in [2.24, 2.45) is 0 Å². The fourth-order valence-corrected chi connectivity index (χ4v) is 2.61. The Hall–Kier alpha value is -1.26. The number of piperazine rings is 1. The van der Waals surface area contributed by atoms with Crippen LogP contribution >= 0.6 is 23.2 Å². The highest BCUT2D eigenvalue weighted by Crippen LogP contribution is 2.29. The molecule has 0 radical (unpaired) electrons. The lowest BCUT2D eigenvalue weighted by atomic mass is 9.89. The summed E-state index contributed by atoms with van der Waals surface area (Å²) >= 11 is 11.9. The molecule has 1 aliphatic heterocycles. The molecule has 21 heavy (non-hydrogen) atoms. The number of carbonyl (C=O) groups excluding carboxylic acids is 2. The van der Waals surface area contributed by atoms with Gasteiger partial charge in [0.15, 0.2) is 0 Å². The van der Waals surface area contributed by atoms with E-state index in [0.717, 1.165) is 5.56 Å². The Labute approximate surface area is 134 Å². The van der Waals surface area contributed by atoms with Gasteiger partial charge in [-0.15, -0.1) is 0 Å². The highest BCUT2D eigenvalue weighted by molar-refractivity contribution is 6.42. The van der Waals surface area contributed by atoms with Crippen molar-refractivity contribution in [1.29, 1.82) is 0 Å². The molecule has 1 aliphatic rings. The largest absolute Gasteiger partial charge is 0.340 e. The van der Waals surface area contributed by atoms with Gasteiger partial charge in [-0.2, -0.15) is 0 Å². The van der Waals surface area contributed by atoms with Gasteiger partial charge >= 0.3 is 0 Å². The Morgan fingerprint density at radius 1 is 1.10 bits per heavy atom. The first-order valence-electron chi connectivity index (χ1n) is 6.64. The molecule has 4 nitrogen and oxygen atoms in total. The normalized spacial score (nSPS) is 20.4. The van der Waals surface area contributed by atoms with Crippen molar-refractivity contribution in [3.63, 3.8) is 0 Å². The molecule has 1 aromatic rings. The van der Waals surface area contributed by atoms with Crippen molar-refractivity contribution in [2.45, 2.75) is 45.3 Å². The van der Waals surface area contributed by atoms with Crippen molar-refractivity contribution >= 4 is 35.0 Å². The van der Waals surface area contributed by atoms with E-state index in [1.165, 1.54) is 0 Å². The maximum atomic E-state index is 12.6. The van der Waals surface area contributed by atoms with Gasteiger partial charge in [0.05, 0.1) is 10.0 Å². The summed E-state index contributed by atoms with van der Waals surface area (Å²) in [5.74, 6) is -0.301. The second-order valence-electron chi connectivity index (χ2n) is 6.28. The zero-order valence-electron chi connectivity index (χ0n) is 12.5. The maximum Gasteiger partial charge on any atom is 0.248 e. The molecule has 0 bridgehead atoms. The first-order valence-corrected chi connectivity index (χ1v) is 7.40. The fraction of sp³-hybridized carbons (Fsp3) is 0.467. The molecule has 1 heterocycles. The standard InChI is InChI=1S/C15H18Cl2N2O2/c1-14(2)13(21)19(15(3,4)12(20)18-14)8-9-5-6-10(16)11(17)7-9/h5-7H,8H2,1-4H3,(H,18,20). The molecule has 0 unspecified atom stereocenters. The molecule has 114 valence electrons. The van der Waals surface area contributed by atoms with Gasteiger partial charge in [-0.3, -0.25) is 9.59 Å². The van der Waals surface area contributed by atoms with E-state index in [2.05, 4.69) is 5.32 Å². The number of carbonyl (C=O) groups is 2. The number of hydrogen-bond acceptors (Lipinski definition) is 2. The molecule has 1 saturated heterocycles. The Morgan fingerprint density at radius 3 is 2.29 bits per heavy atom. The molecule has 6 heteroatoms. The molecule has 0 spiro atoms. The fourth-order valence-electron chi connectivity index (χ4n) is 2.29. The lowest BCUT2D eigenvalue weighted by Crippen LogP contribution is -2.71. The van der Waals surface area contributed by atoms with Gasteiger partial charge in [0.2, 0.25) is 11.8 Å². The zero-order valence-corrected chi connectivity index (χ0v) is 14.0. The maximum absolute atomic E-state index is 12.6. The summed E-state index contributed by atoms with van der Waals surface area (Å²) in [6.45, 7) is 7.16. The van der Waals surface area contributed by atoms with Crippen LogP contribution < -0.4 is 5.32 Å². The van der Waals surface area contributed by atoms with Crippen LogP contribution in [0.4, 0.5) is 0 Å². The Balaban J connectivity index is 2.36. The van der Waals surface area contributed by atoms with Gasteiger partial charge in [-0.05, 0) is 45.4 Å². The minimum absolute atomic E-state index is 0.127. The summed E-state index contributed by atoms with van der Waals surface area (Å²) in [5, 5.41) is 3.65. The average Bonchev–Trinajstić information content (AvgIpc) is 2.37. The number of rotatable bonds is 2. The second kappa shape index (κ2) is 5.18. The van der Waals surface area contributed by atoms with Gasteiger partial charge in [-0.25, -0.2) is 0 Å². The number of nitrogens with one attached hydrogen (secondary N) is 1. The molecular formula is C15H18Cl2N2O2. The third kappa shape index (κ3) is 2.87. The predicted molar refractivity (Wildman–Crippen MR) is 83.3 cm³/mol. The van der Waals surface area contributed by atoms with Crippen LogP contribution in [0.3, 0.4) is 0 Å². The summed E-state index contributed by atoms with van der Waals surface area (Å²) in [6.07, 6.45) is 0. The predicted octanol–water partition coefficient (Wildman–Crippen LogP) is 3.01. The molecule has 0 aliphatic carbocycles. The molecule has 1 aromatic carbocycles. The number of benzene rings is 1. The van der Waals surface area contributed by atoms with E-state index in [-0.39, 0.29) is 11.8 Å². The summed E-state index contributed by atoms with van der Waals surface area (Å²) < 4.78 is 0. The van der Waals surface area contributed by atoms with Gasteiger partial charge in [-0.1, -0.05) is 29.3 Å². The monoisotopic (exact) mass is 328 g/mol. The third-order valence-corrected chi connectivity index (χ3v) is 4.50. The Morgan fingerprint density at radius 2 is 1.71 bits per heavy atom. The van der Waals surface area contributed by atoms with Crippen molar-refractivity contribution in [3.05, 3.63) is 33.8 Å². The van der Waals surface area contributed by atoms with E-state index in [0.29, 0.717) is 16.6 Å². The van der Waals surface area contributed by atoms with Crippen LogP contribution in [-0.2, 0) is 16.1 Å². The first kappa shape index (κ1) is 16.1. The minimum Gasteiger partial charge on any atom is -0.340 e. The molecule has 2 amide bonds. The van der Waals surface area contributed by atoms with Crippen molar-refractivity contribution in [3.8, 4) is 0 Å². The van der Waals surface area contributed by atoms with Gasteiger partial charge in [0, 0.05) is 6.54 Å². The van der Waals surface area contributed by atoms with Crippen LogP contribution in [0.25, 0.3) is 0 Å².